The minimum atomic E-state index is 0.563. The predicted molar refractivity (Wildman–Crippen MR) is 63.9 cm³/mol. The molecule has 0 radical (unpaired) electrons. The lowest BCUT2D eigenvalue weighted by Crippen LogP contribution is -2.88. The topological polar surface area (TPSA) is 3.24 Å². The van der Waals surface area contributed by atoms with Crippen molar-refractivity contribution in [3.05, 3.63) is 0 Å². The second kappa shape index (κ2) is 2.61. The van der Waals surface area contributed by atoms with Crippen molar-refractivity contribution in [3.8, 4) is 0 Å². The molecule has 0 aromatic carbocycles. The summed E-state index contributed by atoms with van der Waals surface area (Å²) in [6.45, 7) is 9.86. The van der Waals surface area contributed by atoms with Gasteiger partial charge in [-0.25, -0.2) is 0 Å². The Morgan fingerprint density at radius 3 is 1.80 bits per heavy atom. The minimum absolute atomic E-state index is 0.563. The Bertz CT molecular complexity index is 274. The minimum Gasteiger partial charge on any atom is -0.286 e. The first kappa shape index (κ1) is 10.1. The Morgan fingerprint density at radius 2 is 1.40 bits per heavy atom. The highest BCUT2D eigenvalue weighted by atomic mass is 15.4. The molecule has 1 heteroatoms. The summed E-state index contributed by atoms with van der Waals surface area (Å²) in [7, 11) is 0. The molecule has 0 N–H and O–H groups in total. The van der Waals surface area contributed by atoms with Crippen LogP contribution in [0.15, 0.2) is 0 Å². The SMILES string of the molecule is CC(C)C12CC3(C)CCCCC(C)(C1)N32. The van der Waals surface area contributed by atoms with Gasteiger partial charge in [0.2, 0.25) is 0 Å². The highest BCUT2D eigenvalue weighted by Crippen LogP contribution is 2.68. The standard InChI is InChI=1S/C14H25N/c1-11(2)14-9-12(3)7-5-6-8-13(4,10-14)15(12)14/h11H,5-10H2,1-4H3. The molecule has 0 saturated carbocycles. The Kier molecular flexibility index (Phi) is 1.77. The third kappa shape index (κ3) is 0.988. The van der Waals surface area contributed by atoms with Crippen LogP contribution in [0.4, 0.5) is 0 Å². The van der Waals surface area contributed by atoms with Crippen LogP contribution < -0.4 is 0 Å². The van der Waals surface area contributed by atoms with Gasteiger partial charge in [-0.05, 0) is 45.4 Å². The van der Waals surface area contributed by atoms with E-state index in [0.717, 1.165) is 5.92 Å². The van der Waals surface area contributed by atoms with Crippen LogP contribution in [-0.2, 0) is 0 Å². The lowest BCUT2D eigenvalue weighted by atomic mass is 9.50. The van der Waals surface area contributed by atoms with Crippen LogP contribution in [0.3, 0.4) is 0 Å². The smallest absolute Gasteiger partial charge is 0.0278 e. The maximum Gasteiger partial charge on any atom is 0.0278 e. The lowest BCUT2D eigenvalue weighted by molar-refractivity contribution is -0.302. The molecule has 0 spiro atoms. The summed E-state index contributed by atoms with van der Waals surface area (Å²) in [6.07, 6.45) is 8.72. The molecule has 3 rings (SSSR count). The van der Waals surface area contributed by atoms with Crippen molar-refractivity contribution in [1.29, 1.82) is 0 Å². The normalized spacial score (nSPS) is 54.2. The highest BCUT2D eigenvalue weighted by Gasteiger charge is 2.73. The van der Waals surface area contributed by atoms with E-state index in [9.17, 15) is 0 Å². The molecule has 86 valence electrons. The maximum absolute atomic E-state index is 2.92. The number of hydrogen-bond acceptors (Lipinski definition) is 1. The first-order valence-electron chi connectivity index (χ1n) is 6.74. The van der Waals surface area contributed by atoms with Crippen molar-refractivity contribution in [2.75, 3.05) is 0 Å². The Balaban J connectivity index is 1.94. The first-order chi connectivity index (χ1) is 6.93. The zero-order chi connectivity index (χ0) is 10.9. The largest absolute Gasteiger partial charge is 0.286 e. The zero-order valence-electron chi connectivity index (χ0n) is 10.8. The summed E-state index contributed by atoms with van der Waals surface area (Å²) in [5, 5.41) is 0. The molecule has 0 aromatic heterocycles. The molecule has 3 aliphatic heterocycles. The summed E-state index contributed by atoms with van der Waals surface area (Å²) < 4.78 is 0. The molecule has 2 atom stereocenters. The van der Waals surface area contributed by atoms with Crippen molar-refractivity contribution in [2.24, 2.45) is 5.92 Å². The molecule has 0 aromatic rings. The van der Waals surface area contributed by atoms with Gasteiger partial charge in [0.1, 0.15) is 0 Å². The van der Waals surface area contributed by atoms with Crippen molar-refractivity contribution in [1.82, 2.24) is 4.90 Å². The van der Waals surface area contributed by atoms with E-state index >= 15 is 0 Å². The third-order valence-electron chi connectivity index (χ3n) is 5.65. The van der Waals surface area contributed by atoms with E-state index in [0.29, 0.717) is 16.6 Å². The summed E-state index contributed by atoms with van der Waals surface area (Å²) in [4.78, 5) is 2.92. The predicted octanol–water partition coefficient (Wildman–Crippen LogP) is 3.58. The molecule has 0 aliphatic carbocycles. The number of nitrogens with zero attached hydrogens (tertiary/aromatic N) is 1. The highest BCUT2D eigenvalue weighted by molar-refractivity contribution is 5.29. The van der Waals surface area contributed by atoms with Crippen LogP contribution >= 0.6 is 0 Å². The average Bonchev–Trinajstić information content (AvgIpc) is 2.15. The molecular weight excluding hydrogens is 182 g/mol. The monoisotopic (exact) mass is 207 g/mol. The molecule has 3 heterocycles. The van der Waals surface area contributed by atoms with E-state index in [1.807, 2.05) is 0 Å². The fourth-order valence-corrected chi connectivity index (χ4v) is 5.32. The molecule has 3 aliphatic rings. The van der Waals surface area contributed by atoms with Gasteiger partial charge in [-0.3, -0.25) is 4.90 Å². The number of rotatable bonds is 1. The average molecular weight is 207 g/mol. The molecule has 15 heavy (non-hydrogen) atoms. The Hall–Kier alpha value is -0.0400. The summed E-state index contributed by atoms with van der Waals surface area (Å²) in [5.41, 5.74) is 1.73. The molecule has 1 nitrogen and oxygen atoms in total. The van der Waals surface area contributed by atoms with E-state index in [4.69, 9.17) is 0 Å². The van der Waals surface area contributed by atoms with Gasteiger partial charge in [-0.1, -0.05) is 26.7 Å². The fraction of sp³-hybridized carbons (Fsp3) is 1.00. The van der Waals surface area contributed by atoms with Gasteiger partial charge >= 0.3 is 0 Å². The Morgan fingerprint density at radius 1 is 0.933 bits per heavy atom. The van der Waals surface area contributed by atoms with Crippen molar-refractivity contribution in [3.63, 3.8) is 0 Å². The molecule has 2 unspecified atom stereocenters. The van der Waals surface area contributed by atoms with Gasteiger partial charge in [0.05, 0.1) is 0 Å². The van der Waals surface area contributed by atoms with E-state index in [2.05, 4.69) is 32.6 Å². The van der Waals surface area contributed by atoms with Crippen LogP contribution in [0, 0.1) is 5.92 Å². The fourth-order valence-electron chi connectivity index (χ4n) is 5.32. The van der Waals surface area contributed by atoms with Crippen LogP contribution in [0.1, 0.15) is 66.2 Å². The van der Waals surface area contributed by atoms with Crippen molar-refractivity contribution in [2.45, 2.75) is 82.8 Å². The van der Waals surface area contributed by atoms with Gasteiger partial charge in [0.15, 0.2) is 0 Å². The van der Waals surface area contributed by atoms with Gasteiger partial charge < -0.3 is 0 Å². The van der Waals surface area contributed by atoms with Crippen LogP contribution in [0.25, 0.3) is 0 Å². The van der Waals surface area contributed by atoms with Gasteiger partial charge in [0, 0.05) is 16.6 Å². The van der Waals surface area contributed by atoms with Crippen LogP contribution in [0.2, 0.25) is 0 Å². The number of piperidine rings is 1. The maximum atomic E-state index is 2.92. The summed E-state index contributed by atoms with van der Waals surface area (Å²) in [6, 6.07) is 0. The van der Waals surface area contributed by atoms with E-state index in [1.165, 1.54) is 38.5 Å². The second-order valence-electron chi connectivity index (χ2n) is 7.15. The quantitative estimate of drug-likeness (QED) is 0.635. The summed E-state index contributed by atoms with van der Waals surface area (Å²) >= 11 is 0. The molecule has 0 amide bonds. The van der Waals surface area contributed by atoms with E-state index in [-0.39, 0.29) is 0 Å². The Labute approximate surface area is 94.2 Å². The molecule has 3 saturated heterocycles. The lowest BCUT2D eigenvalue weighted by Gasteiger charge is -2.81. The van der Waals surface area contributed by atoms with E-state index in [1.54, 1.807) is 0 Å². The van der Waals surface area contributed by atoms with Gasteiger partial charge in [0.25, 0.3) is 0 Å². The van der Waals surface area contributed by atoms with Crippen LogP contribution in [0.5, 0.6) is 0 Å². The van der Waals surface area contributed by atoms with Gasteiger partial charge in [-0.2, -0.15) is 0 Å². The molecule has 0 bridgehead atoms. The second-order valence-corrected chi connectivity index (χ2v) is 7.15. The third-order valence-corrected chi connectivity index (χ3v) is 5.65. The zero-order valence-corrected chi connectivity index (χ0v) is 10.8. The van der Waals surface area contributed by atoms with Crippen molar-refractivity contribution < 1.29 is 0 Å². The van der Waals surface area contributed by atoms with E-state index < -0.39 is 0 Å². The first-order valence-corrected chi connectivity index (χ1v) is 6.74. The molecule has 3 fully saturated rings. The summed E-state index contributed by atoms with van der Waals surface area (Å²) in [5.74, 6) is 0.844. The van der Waals surface area contributed by atoms with Gasteiger partial charge in [-0.15, -0.1) is 0 Å². The van der Waals surface area contributed by atoms with Crippen LogP contribution in [-0.4, -0.2) is 21.5 Å². The van der Waals surface area contributed by atoms with Crippen molar-refractivity contribution >= 4 is 0 Å². The molecular formula is C14H25N. The number of hydrogen-bond donors (Lipinski definition) is 0.